The summed E-state index contributed by atoms with van der Waals surface area (Å²) in [6.07, 6.45) is 10.9. The molecule has 0 atom stereocenters. The van der Waals surface area contributed by atoms with Gasteiger partial charge in [0.15, 0.2) is 11.6 Å². The molecule has 3 fully saturated rings. The van der Waals surface area contributed by atoms with Gasteiger partial charge in [0, 0.05) is 30.2 Å². The number of aromatic hydroxyl groups is 1. The van der Waals surface area contributed by atoms with Crippen LogP contribution in [0.2, 0.25) is 5.02 Å². The van der Waals surface area contributed by atoms with E-state index in [-0.39, 0.29) is 5.02 Å². The van der Waals surface area contributed by atoms with Gasteiger partial charge in [0.05, 0.1) is 21.6 Å². The van der Waals surface area contributed by atoms with E-state index in [9.17, 15) is 14.3 Å². The van der Waals surface area contributed by atoms with Crippen molar-refractivity contribution in [1.29, 1.82) is 0 Å². The number of pyridine rings is 1. The van der Waals surface area contributed by atoms with Crippen molar-refractivity contribution in [3.63, 3.8) is 0 Å². The monoisotopic (exact) mass is 521 g/mol. The molecule has 0 unspecified atom stereocenters. The second kappa shape index (κ2) is 9.88. The Morgan fingerprint density at radius 1 is 1.08 bits per heavy atom. The summed E-state index contributed by atoms with van der Waals surface area (Å²) in [5.41, 5.74) is 3.90. The maximum atomic E-state index is 14.3. The van der Waals surface area contributed by atoms with Crippen LogP contribution in [0.5, 0.6) is 5.75 Å². The van der Waals surface area contributed by atoms with Gasteiger partial charge >= 0.3 is 0 Å². The summed E-state index contributed by atoms with van der Waals surface area (Å²) in [5, 5.41) is 10.7. The van der Waals surface area contributed by atoms with Crippen molar-refractivity contribution < 1.29 is 14.3 Å². The van der Waals surface area contributed by atoms with Gasteiger partial charge in [-0.2, -0.15) is 0 Å². The van der Waals surface area contributed by atoms with Crippen molar-refractivity contribution in [3.05, 3.63) is 52.9 Å². The van der Waals surface area contributed by atoms with E-state index >= 15 is 0 Å². The van der Waals surface area contributed by atoms with Crippen molar-refractivity contribution in [2.45, 2.75) is 50.4 Å². The second-order valence-corrected chi connectivity index (χ2v) is 11.5. The van der Waals surface area contributed by atoms with Crippen LogP contribution < -0.4 is 4.90 Å². The minimum Gasteiger partial charge on any atom is -0.504 e. The van der Waals surface area contributed by atoms with E-state index in [2.05, 4.69) is 9.80 Å². The molecule has 1 saturated carbocycles. The first kappa shape index (κ1) is 24.6. The van der Waals surface area contributed by atoms with Crippen LogP contribution in [0.3, 0.4) is 0 Å². The lowest BCUT2D eigenvalue weighted by Gasteiger charge is -2.36. The third kappa shape index (κ3) is 4.70. The van der Waals surface area contributed by atoms with Gasteiger partial charge < -0.3 is 19.7 Å². The first-order valence-electron chi connectivity index (χ1n) is 13.5. The predicted octanol–water partition coefficient (Wildman–Crippen LogP) is 6.33. The zero-order valence-electron chi connectivity index (χ0n) is 21.1. The zero-order valence-corrected chi connectivity index (χ0v) is 21.8. The van der Waals surface area contributed by atoms with E-state index in [0.717, 1.165) is 78.7 Å². The number of aromatic nitrogens is 1. The molecular formula is C30H33ClFN3O2. The Balaban J connectivity index is 1.34. The van der Waals surface area contributed by atoms with E-state index in [0.29, 0.717) is 5.56 Å². The van der Waals surface area contributed by atoms with Gasteiger partial charge in [-0.05, 0) is 106 Å². The number of likely N-dealkylation sites (tertiary alicyclic amines) is 1. The molecule has 0 amide bonds. The summed E-state index contributed by atoms with van der Waals surface area (Å²) in [6.45, 7) is 5.61. The minimum absolute atomic E-state index is 0.0175. The number of fused-ring (bicyclic) bond motifs is 1. The number of phenolic OH excluding ortho intramolecular Hbond substituents is 1. The molecule has 1 N–H and O–H groups in total. The molecule has 7 heteroatoms. The molecule has 1 aromatic heterocycles. The third-order valence-electron chi connectivity index (χ3n) is 8.72. The number of halogens is 2. The lowest BCUT2D eigenvalue weighted by Crippen LogP contribution is -2.36. The number of carbonyl (C=O) groups excluding carboxylic acids is 1. The first-order valence-corrected chi connectivity index (χ1v) is 13.9. The van der Waals surface area contributed by atoms with Crippen LogP contribution in [0, 0.1) is 11.7 Å². The zero-order chi connectivity index (χ0) is 25.6. The van der Waals surface area contributed by atoms with Gasteiger partial charge in [0.25, 0.3) is 0 Å². The third-order valence-corrected chi connectivity index (χ3v) is 9.01. The number of hydrogen-bond acceptors (Lipinski definition) is 5. The summed E-state index contributed by atoms with van der Waals surface area (Å²) in [5.74, 6) is -0.555. The molecule has 3 heterocycles. The van der Waals surface area contributed by atoms with E-state index in [1.807, 2.05) is 24.4 Å². The highest BCUT2D eigenvalue weighted by molar-refractivity contribution is 6.32. The molecule has 1 aliphatic carbocycles. The number of aldehydes is 1. The number of piperidine rings is 1. The van der Waals surface area contributed by atoms with Crippen molar-refractivity contribution in [1.82, 2.24) is 9.88 Å². The summed E-state index contributed by atoms with van der Waals surface area (Å²) >= 11 is 6.08. The van der Waals surface area contributed by atoms with Crippen LogP contribution in [0.15, 0.2) is 36.5 Å². The molecule has 2 aromatic carbocycles. The number of anilines is 1. The highest BCUT2D eigenvalue weighted by Gasteiger charge is 2.47. The lowest BCUT2D eigenvalue weighted by molar-refractivity contribution is -0.109. The fraction of sp³-hybridized carbons (Fsp3) is 0.467. The largest absolute Gasteiger partial charge is 0.504 e. The van der Waals surface area contributed by atoms with Gasteiger partial charge in [-0.3, -0.25) is 4.98 Å². The molecule has 6 rings (SSSR count). The maximum absolute atomic E-state index is 14.3. The Morgan fingerprint density at radius 3 is 2.51 bits per heavy atom. The average molecular weight is 522 g/mol. The topological polar surface area (TPSA) is 56.7 Å². The van der Waals surface area contributed by atoms with Gasteiger partial charge in [0.1, 0.15) is 6.29 Å². The molecular weight excluding hydrogens is 489 g/mol. The van der Waals surface area contributed by atoms with Gasteiger partial charge in [-0.25, -0.2) is 4.39 Å². The summed E-state index contributed by atoms with van der Waals surface area (Å²) in [6, 6.07) is 8.76. The molecule has 37 heavy (non-hydrogen) atoms. The van der Waals surface area contributed by atoms with Crippen LogP contribution in [0.25, 0.3) is 22.0 Å². The van der Waals surface area contributed by atoms with Crippen LogP contribution in [0.1, 0.15) is 50.5 Å². The standard InChI is InChI=1S/C30H33ClFN3O2/c31-25-16-22(17-26(32)29(25)37)21-3-4-27-23(15-21)28(24(18-33-27)30(19-36)8-9-30)35-13-6-20(7-14-35)5-12-34-10-1-2-11-34/h3-4,15-20,37H,1-2,5-14H2. The van der Waals surface area contributed by atoms with Crippen LogP contribution in [0.4, 0.5) is 10.1 Å². The Labute approximate surface area is 222 Å². The van der Waals surface area contributed by atoms with Crippen LogP contribution >= 0.6 is 11.6 Å². The lowest BCUT2D eigenvalue weighted by atomic mass is 9.89. The summed E-state index contributed by atoms with van der Waals surface area (Å²) in [4.78, 5) is 22.0. The summed E-state index contributed by atoms with van der Waals surface area (Å²) in [7, 11) is 0. The number of phenols is 1. The molecule has 5 nitrogen and oxygen atoms in total. The maximum Gasteiger partial charge on any atom is 0.170 e. The van der Waals surface area contributed by atoms with Crippen LogP contribution in [-0.4, -0.2) is 54.0 Å². The quantitative estimate of drug-likeness (QED) is 0.368. The predicted molar refractivity (Wildman–Crippen MR) is 146 cm³/mol. The number of rotatable bonds is 7. The van der Waals surface area contributed by atoms with E-state index in [1.165, 1.54) is 45.0 Å². The Morgan fingerprint density at radius 2 is 1.84 bits per heavy atom. The Hall–Kier alpha value is -2.70. The highest BCUT2D eigenvalue weighted by Crippen LogP contribution is 2.51. The van der Waals surface area contributed by atoms with E-state index < -0.39 is 17.0 Å². The molecule has 2 saturated heterocycles. The SMILES string of the molecule is O=CC1(c2cnc3ccc(-c4cc(F)c(O)c(Cl)c4)cc3c2N2CCC(CCN3CCCC3)CC2)CC1. The number of benzene rings is 2. The van der Waals surface area contributed by atoms with E-state index in [1.54, 1.807) is 6.07 Å². The van der Waals surface area contributed by atoms with Crippen molar-refractivity contribution in [2.75, 3.05) is 37.6 Å². The fourth-order valence-corrected chi connectivity index (χ4v) is 6.41. The summed E-state index contributed by atoms with van der Waals surface area (Å²) < 4.78 is 14.3. The number of carbonyl (C=O) groups is 1. The molecule has 0 bridgehead atoms. The van der Waals surface area contributed by atoms with Gasteiger partial charge in [-0.15, -0.1) is 0 Å². The average Bonchev–Trinajstić information content (AvgIpc) is 3.55. The fourth-order valence-electron chi connectivity index (χ4n) is 6.20. The molecule has 2 aliphatic heterocycles. The van der Waals surface area contributed by atoms with Gasteiger partial charge in [0.2, 0.25) is 0 Å². The van der Waals surface area contributed by atoms with Gasteiger partial charge in [-0.1, -0.05) is 17.7 Å². The molecule has 0 radical (unpaired) electrons. The minimum atomic E-state index is -0.747. The van der Waals surface area contributed by atoms with E-state index in [4.69, 9.17) is 16.6 Å². The van der Waals surface area contributed by atoms with Crippen molar-refractivity contribution in [3.8, 4) is 16.9 Å². The Kier molecular flexibility index (Phi) is 6.58. The van der Waals surface area contributed by atoms with Crippen molar-refractivity contribution >= 4 is 34.5 Å². The van der Waals surface area contributed by atoms with Crippen LogP contribution in [-0.2, 0) is 10.2 Å². The smallest absolute Gasteiger partial charge is 0.170 e. The molecule has 0 spiro atoms. The Bertz CT molecular complexity index is 1300. The number of hydrogen-bond donors (Lipinski definition) is 1. The van der Waals surface area contributed by atoms with Crippen molar-refractivity contribution in [2.24, 2.45) is 5.92 Å². The first-order chi connectivity index (χ1) is 18.0. The molecule has 3 aromatic rings. The molecule has 3 aliphatic rings. The number of nitrogens with zero attached hydrogens (tertiary/aromatic N) is 3. The molecule has 194 valence electrons. The highest BCUT2D eigenvalue weighted by atomic mass is 35.5. The second-order valence-electron chi connectivity index (χ2n) is 11.1. The normalized spacial score (nSPS) is 20.0.